The van der Waals surface area contributed by atoms with Crippen molar-refractivity contribution in [2.45, 2.75) is 83.3 Å². The maximum Gasteiger partial charge on any atom is 0.524 e. The summed E-state index contributed by atoms with van der Waals surface area (Å²) in [5.41, 5.74) is 5.97. The fourth-order valence-electron chi connectivity index (χ4n) is 5.64. The molecule has 2 heterocycles. The maximum atomic E-state index is 13.7. The first-order chi connectivity index (χ1) is 20.8. The zero-order valence-electron chi connectivity index (χ0n) is 25.5. The van der Waals surface area contributed by atoms with Crippen molar-refractivity contribution in [2.75, 3.05) is 26.2 Å². The van der Waals surface area contributed by atoms with Crippen LogP contribution in [0, 0.1) is 5.92 Å². The standard InChI is InChI=1S/C30H46N5O8P/c1-21(2)19-25(33-28(37)15-10-22-8-12-24(13-9-22)43-44(40,41)42)30(39)35-18-6-7-26(35)29(38)32-23(11-14-27(31)36)20-34-16-4-3-5-17-34/h8-10,12-13,15,21,23,25-26H,3-7,11,14,16-20H2,1-2H3,(H2,31,36)(H,32,38)(H,33,37)(H2,40,41,42)/b15-10+/t23-,25-,26-/m0/s1. The summed E-state index contributed by atoms with van der Waals surface area (Å²) < 4.78 is 15.5. The van der Waals surface area contributed by atoms with Crippen LogP contribution < -0.4 is 20.9 Å². The van der Waals surface area contributed by atoms with E-state index in [-0.39, 0.29) is 35.9 Å². The fourth-order valence-corrected chi connectivity index (χ4v) is 6.04. The van der Waals surface area contributed by atoms with Gasteiger partial charge in [-0.15, -0.1) is 0 Å². The van der Waals surface area contributed by atoms with E-state index in [1.54, 1.807) is 4.90 Å². The predicted molar refractivity (Wildman–Crippen MR) is 165 cm³/mol. The van der Waals surface area contributed by atoms with Gasteiger partial charge in [-0.2, -0.15) is 0 Å². The summed E-state index contributed by atoms with van der Waals surface area (Å²) >= 11 is 0. The Kier molecular flexibility index (Phi) is 13.4. The molecule has 0 unspecified atom stereocenters. The third-order valence-corrected chi connectivity index (χ3v) is 8.15. The molecule has 2 saturated heterocycles. The molecular weight excluding hydrogens is 589 g/mol. The number of phosphoric acid groups is 1. The molecule has 1 aromatic rings. The van der Waals surface area contributed by atoms with Crippen molar-refractivity contribution in [3.05, 3.63) is 35.9 Å². The topological polar surface area (TPSA) is 192 Å². The highest BCUT2D eigenvalue weighted by atomic mass is 31.2. The second-order valence-electron chi connectivity index (χ2n) is 11.9. The monoisotopic (exact) mass is 635 g/mol. The number of carbonyl (C=O) groups excluding carboxylic acids is 4. The Bertz CT molecular complexity index is 1210. The van der Waals surface area contributed by atoms with E-state index in [9.17, 15) is 23.7 Å². The molecule has 2 fully saturated rings. The van der Waals surface area contributed by atoms with Crippen LogP contribution in [0.25, 0.3) is 6.08 Å². The van der Waals surface area contributed by atoms with Gasteiger partial charge < -0.3 is 30.7 Å². The number of nitrogens with zero attached hydrogens (tertiary/aromatic N) is 2. The van der Waals surface area contributed by atoms with E-state index < -0.39 is 31.7 Å². The van der Waals surface area contributed by atoms with E-state index in [4.69, 9.17) is 15.5 Å². The van der Waals surface area contributed by atoms with Gasteiger partial charge in [-0.25, -0.2) is 4.57 Å². The molecule has 3 atom stereocenters. The second-order valence-corrected chi connectivity index (χ2v) is 13.1. The lowest BCUT2D eigenvalue weighted by atomic mass is 10.0. The van der Waals surface area contributed by atoms with Crippen LogP contribution in [-0.4, -0.2) is 87.5 Å². The number of hydrogen-bond acceptors (Lipinski definition) is 7. The zero-order valence-corrected chi connectivity index (χ0v) is 26.4. The first-order valence-electron chi connectivity index (χ1n) is 15.3. The number of hydrogen-bond donors (Lipinski definition) is 5. The number of amides is 4. The average molecular weight is 636 g/mol. The Morgan fingerprint density at radius 2 is 1.73 bits per heavy atom. The van der Waals surface area contributed by atoms with Crippen molar-refractivity contribution in [2.24, 2.45) is 11.7 Å². The Labute approximate surface area is 258 Å². The molecule has 6 N–H and O–H groups in total. The average Bonchev–Trinajstić information content (AvgIpc) is 3.44. The highest BCUT2D eigenvalue weighted by molar-refractivity contribution is 7.46. The molecule has 0 spiro atoms. The Morgan fingerprint density at radius 1 is 1.05 bits per heavy atom. The molecule has 0 aliphatic carbocycles. The van der Waals surface area contributed by atoms with Crippen LogP contribution in [0.5, 0.6) is 5.75 Å². The Hall–Kier alpha value is -3.25. The summed E-state index contributed by atoms with van der Waals surface area (Å²) in [6.07, 6.45) is 8.30. The summed E-state index contributed by atoms with van der Waals surface area (Å²) in [6.45, 7) is 6.80. The summed E-state index contributed by atoms with van der Waals surface area (Å²) in [4.78, 5) is 73.3. The van der Waals surface area contributed by atoms with Gasteiger partial charge in [-0.1, -0.05) is 32.4 Å². The van der Waals surface area contributed by atoms with Crippen molar-refractivity contribution in [1.82, 2.24) is 20.4 Å². The minimum Gasteiger partial charge on any atom is -0.404 e. The highest BCUT2D eigenvalue weighted by Crippen LogP contribution is 2.37. The number of piperidine rings is 1. The first-order valence-corrected chi connectivity index (χ1v) is 16.8. The number of rotatable bonds is 15. The molecule has 2 aliphatic heterocycles. The zero-order chi connectivity index (χ0) is 32.3. The molecule has 0 radical (unpaired) electrons. The number of phosphoric ester groups is 1. The Morgan fingerprint density at radius 3 is 2.34 bits per heavy atom. The van der Waals surface area contributed by atoms with Crippen LogP contribution in [0.1, 0.15) is 70.8 Å². The molecule has 244 valence electrons. The van der Waals surface area contributed by atoms with Gasteiger partial charge in [0.15, 0.2) is 0 Å². The normalized spacial score (nSPS) is 19.1. The summed E-state index contributed by atoms with van der Waals surface area (Å²) in [5.74, 6) is -1.42. The van der Waals surface area contributed by atoms with E-state index in [2.05, 4.69) is 20.1 Å². The van der Waals surface area contributed by atoms with Crippen LogP contribution >= 0.6 is 7.82 Å². The highest BCUT2D eigenvalue weighted by Gasteiger charge is 2.38. The molecule has 44 heavy (non-hydrogen) atoms. The molecule has 0 bridgehead atoms. The van der Waals surface area contributed by atoms with E-state index in [0.717, 1.165) is 25.9 Å². The van der Waals surface area contributed by atoms with Gasteiger partial charge in [0.2, 0.25) is 23.6 Å². The van der Waals surface area contributed by atoms with Crippen molar-refractivity contribution in [1.29, 1.82) is 0 Å². The lowest BCUT2D eigenvalue weighted by molar-refractivity contribution is -0.141. The van der Waals surface area contributed by atoms with Gasteiger partial charge in [0.05, 0.1) is 0 Å². The van der Waals surface area contributed by atoms with E-state index in [1.807, 2.05) is 13.8 Å². The van der Waals surface area contributed by atoms with Crippen molar-refractivity contribution < 1.29 is 38.1 Å². The third kappa shape index (κ3) is 12.0. The summed E-state index contributed by atoms with van der Waals surface area (Å²) in [7, 11) is -4.68. The van der Waals surface area contributed by atoms with Crippen molar-refractivity contribution in [3.8, 4) is 5.75 Å². The smallest absolute Gasteiger partial charge is 0.404 e. The quantitative estimate of drug-likeness (QED) is 0.142. The lowest BCUT2D eigenvalue weighted by Crippen LogP contribution is -2.55. The maximum absolute atomic E-state index is 13.7. The molecule has 0 saturated carbocycles. The van der Waals surface area contributed by atoms with Crippen LogP contribution in [0.15, 0.2) is 30.3 Å². The fraction of sp³-hybridized carbons (Fsp3) is 0.600. The lowest BCUT2D eigenvalue weighted by Gasteiger charge is -2.33. The Balaban J connectivity index is 1.64. The number of primary amides is 1. The first kappa shape index (κ1) is 35.2. The molecule has 14 heteroatoms. The van der Waals surface area contributed by atoms with Crippen LogP contribution in [0.3, 0.4) is 0 Å². The van der Waals surface area contributed by atoms with Crippen LogP contribution in [0.4, 0.5) is 0 Å². The molecule has 3 rings (SSSR count). The number of carbonyl (C=O) groups is 4. The molecular formula is C30H46N5O8P. The van der Waals surface area contributed by atoms with Gasteiger partial charge >= 0.3 is 7.82 Å². The molecule has 1 aromatic carbocycles. The van der Waals surface area contributed by atoms with E-state index in [0.29, 0.717) is 44.3 Å². The van der Waals surface area contributed by atoms with Crippen molar-refractivity contribution >= 4 is 37.5 Å². The summed E-state index contributed by atoms with van der Waals surface area (Å²) in [5, 5.41) is 5.88. The molecule has 13 nitrogen and oxygen atoms in total. The number of likely N-dealkylation sites (tertiary alicyclic amines) is 2. The number of nitrogens with one attached hydrogen (secondary N) is 2. The van der Waals surface area contributed by atoms with Crippen molar-refractivity contribution in [3.63, 3.8) is 0 Å². The molecule has 2 aliphatic rings. The number of nitrogens with two attached hydrogens (primary N) is 1. The van der Waals surface area contributed by atoms with Gasteiger partial charge in [0.1, 0.15) is 17.8 Å². The SMILES string of the molecule is CC(C)C[C@H](NC(=O)/C=C/c1ccc(OP(=O)(O)O)cc1)C(=O)N1CCC[C@H]1C(=O)N[C@@H](CCC(N)=O)CN1CCCCC1. The van der Waals surface area contributed by atoms with E-state index in [1.165, 1.54) is 42.8 Å². The summed E-state index contributed by atoms with van der Waals surface area (Å²) in [6, 6.07) is 4.02. The predicted octanol–water partition coefficient (Wildman–Crippen LogP) is 1.93. The molecule has 0 aromatic heterocycles. The van der Waals surface area contributed by atoms with Crippen LogP contribution in [-0.2, 0) is 23.7 Å². The van der Waals surface area contributed by atoms with Gasteiger partial charge in [0.25, 0.3) is 0 Å². The van der Waals surface area contributed by atoms with Gasteiger partial charge in [0, 0.05) is 31.6 Å². The van der Waals surface area contributed by atoms with Gasteiger partial charge in [-0.3, -0.25) is 29.0 Å². The van der Waals surface area contributed by atoms with Gasteiger partial charge in [-0.05, 0) is 81.3 Å². The minimum atomic E-state index is -4.68. The largest absolute Gasteiger partial charge is 0.524 e. The molecule has 4 amide bonds. The second kappa shape index (κ2) is 16.7. The number of benzene rings is 1. The van der Waals surface area contributed by atoms with Crippen LogP contribution in [0.2, 0.25) is 0 Å². The van der Waals surface area contributed by atoms with E-state index >= 15 is 0 Å². The minimum absolute atomic E-state index is 0.0163. The third-order valence-electron chi connectivity index (χ3n) is 7.70.